The Labute approximate surface area is 157 Å². The van der Waals surface area contributed by atoms with Crippen LogP contribution < -0.4 is 4.90 Å². The third-order valence-corrected chi connectivity index (χ3v) is 5.39. The topological polar surface area (TPSA) is 45.7 Å². The first-order valence-corrected chi connectivity index (χ1v) is 10.0. The molecule has 1 saturated carbocycles. The number of rotatable bonds is 4. The Morgan fingerprint density at radius 1 is 1.27 bits per heavy atom. The molecule has 0 aromatic carbocycles. The Morgan fingerprint density at radius 3 is 2.58 bits per heavy atom. The van der Waals surface area contributed by atoms with Crippen LogP contribution in [0.2, 0.25) is 0 Å². The number of anilines is 1. The zero-order valence-corrected chi connectivity index (χ0v) is 16.9. The van der Waals surface area contributed by atoms with Gasteiger partial charge in [-0.2, -0.15) is 0 Å². The fraction of sp³-hybridized carbons (Fsp3) is 0.714. The summed E-state index contributed by atoms with van der Waals surface area (Å²) in [7, 11) is 0. The highest BCUT2D eigenvalue weighted by Gasteiger charge is 2.38. The van der Waals surface area contributed by atoms with E-state index in [0.29, 0.717) is 12.1 Å². The van der Waals surface area contributed by atoms with Crippen molar-refractivity contribution in [1.29, 1.82) is 0 Å². The molecular weight excluding hydrogens is 326 g/mol. The molecule has 1 aromatic rings. The maximum atomic E-state index is 13.0. The standard InChI is InChI=1S/C21H33N3O2/c1-15(2)23-14-8-12-18(23)17-11-7-13-22-19(17)24(16-9-6-10-16)20(25)26-21(3,4)5/h7,11,13,15-16,18H,6,8-10,12,14H2,1-5H3/t18-/m0/s1. The molecular formula is C21H33N3O2. The van der Waals surface area contributed by atoms with Gasteiger partial charge in [0, 0.05) is 29.9 Å². The molecule has 2 heterocycles. The van der Waals surface area contributed by atoms with Crippen LogP contribution in [0, 0.1) is 0 Å². The minimum Gasteiger partial charge on any atom is -0.443 e. The molecule has 1 aliphatic carbocycles. The van der Waals surface area contributed by atoms with Crippen molar-refractivity contribution in [2.45, 2.75) is 90.4 Å². The van der Waals surface area contributed by atoms with E-state index in [1.54, 1.807) is 6.20 Å². The van der Waals surface area contributed by atoms with Crippen LogP contribution in [-0.2, 0) is 4.74 Å². The Kier molecular flexibility index (Phi) is 5.56. The average Bonchev–Trinajstić information content (AvgIpc) is 2.98. The molecule has 1 saturated heterocycles. The van der Waals surface area contributed by atoms with E-state index in [9.17, 15) is 4.79 Å². The van der Waals surface area contributed by atoms with Crippen LogP contribution in [0.25, 0.3) is 0 Å². The quantitative estimate of drug-likeness (QED) is 0.765. The number of hydrogen-bond acceptors (Lipinski definition) is 4. The highest BCUT2D eigenvalue weighted by Crippen LogP contribution is 2.40. The molecule has 2 aliphatic rings. The maximum absolute atomic E-state index is 13.0. The number of ether oxygens (including phenoxy) is 1. The molecule has 1 amide bonds. The molecule has 0 N–H and O–H groups in total. The highest BCUT2D eigenvalue weighted by atomic mass is 16.6. The fourth-order valence-corrected chi connectivity index (χ4v) is 3.98. The van der Waals surface area contributed by atoms with Gasteiger partial charge in [0.05, 0.1) is 0 Å². The van der Waals surface area contributed by atoms with Crippen LogP contribution >= 0.6 is 0 Å². The Balaban J connectivity index is 1.96. The van der Waals surface area contributed by atoms with Crippen LogP contribution in [0.4, 0.5) is 10.6 Å². The van der Waals surface area contributed by atoms with E-state index >= 15 is 0 Å². The summed E-state index contributed by atoms with van der Waals surface area (Å²) in [6.07, 6.45) is 7.03. The number of aromatic nitrogens is 1. The molecule has 1 atom stereocenters. The van der Waals surface area contributed by atoms with Gasteiger partial charge in [-0.05, 0) is 79.3 Å². The number of carbonyl (C=O) groups excluding carboxylic acids is 1. The third kappa shape index (κ3) is 4.03. The lowest BCUT2D eigenvalue weighted by Gasteiger charge is -2.39. The molecule has 144 valence electrons. The summed E-state index contributed by atoms with van der Waals surface area (Å²) in [6, 6.07) is 5.14. The van der Waals surface area contributed by atoms with Crippen molar-refractivity contribution >= 4 is 11.9 Å². The molecule has 3 rings (SSSR count). The number of hydrogen-bond donors (Lipinski definition) is 0. The molecule has 5 heteroatoms. The molecule has 2 fully saturated rings. The van der Waals surface area contributed by atoms with Gasteiger partial charge in [0.15, 0.2) is 0 Å². The van der Waals surface area contributed by atoms with E-state index < -0.39 is 5.60 Å². The smallest absolute Gasteiger partial charge is 0.416 e. The van der Waals surface area contributed by atoms with Crippen molar-refractivity contribution in [2.75, 3.05) is 11.4 Å². The number of amides is 1. The second-order valence-corrected chi connectivity index (χ2v) is 8.84. The first-order chi connectivity index (χ1) is 12.3. The van der Waals surface area contributed by atoms with Gasteiger partial charge in [0.2, 0.25) is 0 Å². The second kappa shape index (κ2) is 7.55. The van der Waals surface area contributed by atoms with Crippen molar-refractivity contribution in [3.05, 3.63) is 23.9 Å². The number of nitrogens with zero attached hydrogens (tertiary/aromatic N) is 3. The predicted octanol–water partition coefficient (Wildman–Crippen LogP) is 4.92. The van der Waals surface area contributed by atoms with Gasteiger partial charge in [0.25, 0.3) is 0 Å². The molecule has 0 radical (unpaired) electrons. The molecule has 0 spiro atoms. The van der Waals surface area contributed by atoms with E-state index in [1.807, 2.05) is 31.7 Å². The van der Waals surface area contributed by atoms with E-state index in [-0.39, 0.29) is 12.1 Å². The van der Waals surface area contributed by atoms with Gasteiger partial charge in [-0.25, -0.2) is 9.78 Å². The molecule has 1 aromatic heterocycles. The van der Waals surface area contributed by atoms with Crippen LogP contribution in [-0.4, -0.2) is 40.2 Å². The normalized spacial score (nSPS) is 21.7. The maximum Gasteiger partial charge on any atom is 0.416 e. The van der Waals surface area contributed by atoms with E-state index in [0.717, 1.165) is 43.6 Å². The third-order valence-electron chi connectivity index (χ3n) is 5.39. The Bertz CT molecular complexity index is 634. The van der Waals surface area contributed by atoms with Gasteiger partial charge < -0.3 is 4.74 Å². The zero-order valence-electron chi connectivity index (χ0n) is 16.9. The molecule has 1 aliphatic heterocycles. The van der Waals surface area contributed by atoms with Crippen LogP contribution in [0.1, 0.15) is 78.3 Å². The van der Waals surface area contributed by atoms with E-state index in [1.165, 1.54) is 6.42 Å². The fourth-order valence-electron chi connectivity index (χ4n) is 3.98. The number of pyridine rings is 1. The summed E-state index contributed by atoms with van der Waals surface area (Å²) in [5.41, 5.74) is 0.655. The Morgan fingerprint density at radius 2 is 2.00 bits per heavy atom. The van der Waals surface area contributed by atoms with Gasteiger partial charge >= 0.3 is 6.09 Å². The number of carbonyl (C=O) groups is 1. The van der Waals surface area contributed by atoms with Crippen LogP contribution in [0.5, 0.6) is 0 Å². The lowest BCUT2D eigenvalue weighted by Crippen LogP contribution is -2.48. The highest BCUT2D eigenvalue weighted by molar-refractivity contribution is 5.88. The zero-order chi connectivity index (χ0) is 18.9. The monoisotopic (exact) mass is 359 g/mol. The summed E-state index contributed by atoms with van der Waals surface area (Å²) >= 11 is 0. The minimum absolute atomic E-state index is 0.201. The van der Waals surface area contributed by atoms with Gasteiger partial charge in [-0.1, -0.05) is 6.07 Å². The molecule has 26 heavy (non-hydrogen) atoms. The minimum atomic E-state index is -0.509. The molecule has 0 unspecified atom stereocenters. The summed E-state index contributed by atoms with van der Waals surface area (Å²) in [5.74, 6) is 0.795. The second-order valence-electron chi connectivity index (χ2n) is 8.84. The average molecular weight is 360 g/mol. The van der Waals surface area contributed by atoms with Gasteiger partial charge in [-0.15, -0.1) is 0 Å². The molecule has 0 bridgehead atoms. The number of likely N-dealkylation sites (tertiary alicyclic amines) is 1. The first kappa shape index (κ1) is 19.2. The van der Waals surface area contributed by atoms with Crippen molar-refractivity contribution in [2.24, 2.45) is 0 Å². The molecule has 5 nitrogen and oxygen atoms in total. The van der Waals surface area contributed by atoms with E-state index in [2.05, 4.69) is 29.8 Å². The van der Waals surface area contributed by atoms with Crippen molar-refractivity contribution < 1.29 is 9.53 Å². The van der Waals surface area contributed by atoms with Crippen LogP contribution in [0.15, 0.2) is 18.3 Å². The lowest BCUT2D eigenvalue weighted by molar-refractivity contribution is 0.0547. The summed E-state index contributed by atoms with van der Waals surface area (Å²) in [4.78, 5) is 22.1. The van der Waals surface area contributed by atoms with Gasteiger partial charge in [0.1, 0.15) is 11.4 Å². The Hall–Kier alpha value is -1.62. The summed E-state index contributed by atoms with van der Waals surface area (Å²) < 4.78 is 5.74. The van der Waals surface area contributed by atoms with E-state index in [4.69, 9.17) is 4.74 Å². The largest absolute Gasteiger partial charge is 0.443 e. The van der Waals surface area contributed by atoms with Crippen molar-refractivity contribution in [3.8, 4) is 0 Å². The van der Waals surface area contributed by atoms with Crippen molar-refractivity contribution in [1.82, 2.24) is 9.88 Å². The van der Waals surface area contributed by atoms with Gasteiger partial charge in [-0.3, -0.25) is 9.80 Å². The SMILES string of the molecule is CC(C)N1CCC[C@H]1c1cccnc1N(C(=O)OC(C)(C)C)C1CCC1. The summed E-state index contributed by atoms with van der Waals surface area (Å²) in [6.45, 7) is 11.3. The lowest BCUT2D eigenvalue weighted by atomic mass is 9.91. The van der Waals surface area contributed by atoms with Crippen molar-refractivity contribution in [3.63, 3.8) is 0 Å². The first-order valence-electron chi connectivity index (χ1n) is 10.0. The summed E-state index contributed by atoms with van der Waals surface area (Å²) in [5, 5.41) is 0. The predicted molar refractivity (Wildman–Crippen MR) is 104 cm³/mol. The van der Waals surface area contributed by atoms with Crippen LogP contribution in [0.3, 0.4) is 0 Å².